The van der Waals surface area contributed by atoms with Gasteiger partial charge in [-0.1, -0.05) is 12.1 Å². The van der Waals surface area contributed by atoms with Gasteiger partial charge in [-0.3, -0.25) is 4.79 Å². The molecular weight excluding hydrogens is 194 g/mol. The number of carboxylic acid groups (broad SMARTS) is 1. The molecule has 0 spiro atoms. The zero-order chi connectivity index (χ0) is 10.8. The van der Waals surface area contributed by atoms with E-state index in [0.717, 1.165) is 17.0 Å². The van der Waals surface area contributed by atoms with Crippen molar-refractivity contribution in [2.24, 2.45) is 0 Å². The van der Waals surface area contributed by atoms with E-state index in [1.54, 1.807) is 7.11 Å². The molecule has 4 nitrogen and oxygen atoms in total. The van der Waals surface area contributed by atoms with Crippen LogP contribution in [0.25, 0.3) is 0 Å². The highest BCUT2D eigenvalue weighted by Crippen LogP contribution is 2.39. The number of para-hydroxylation sites is 1. The number of fused-ring (bicyclic) bond motifs is 1. The van der Waals surface area contributed by atoms with E-state index in [-0.39, 0.29) is 12.3 Å². The normalized spacial score (nSPS) is 18.1. The molecule has 0 radical (unpaired) electrons. The Kier molecular flexibility index (Phi) is 2.49. The molecule has 0 bridgehead atoms. The van der Waals surface area contributed by atoms with Gasteiger partial charge in [-0.25, -0.2) is 0 Å². The van der Waals surface area contributed by atoms with Crippen LogP contribution in [0.5, 0.6) is 5.75 Å². The minimum Gasteiger partial charge on any atom is -0.495 e. The maximum atomic E-state index is 10.7. The second kappa shape index (κ2) is 3.81. The minimum atomic E-state index is -0.766. The largest absolute Gasteiger partial charge is 0.495 e. The number of methoxy groups -OCH3 is 1. The number of anilines is 1. The first-order chi connectivity index (χ1) is 7.22. The first-order valence-electron chi connectivity index (χ1n) is 4.85. The molecule has 0 aliphatic carbocycles. The Labute approximate surface area is 87.9 Å². The van der Waals surface area contributed by atoms with Crippen LogP contribution < -0.4 is 10.1 Å². The fourth-order valence-electron chi connectivity index (χ4n) is 1.98. The van der Waals surface area contributed by atoms with E-state index in [1.807, 2.05) is 18.2 Å². The van der Waals surface area contributed by atoms with Crippen LogP contribution in [0.2, 0.25) is 0 Å². The average Bonchev–Trinajstić information content (AvgIpc) is 2.61. The van der Waals surface area contributed by atoms with Crippen molar-refractivity contribution in [1.82, 2.24) is 0 Å². The minimum absolute atomic E-state index is 0.0487. The maximum absolute atomic E-state index is 10.7. The molecule has 1 heterocycles. The summed E-state index contributed by atoms with van der Waals surface area (Å²) in [5, 5.41) is 12.0. The number of hydrogen-bond donors (Lipinski definition) is 2. The summed E-state index contributed by atoms with van der Waals surface area (Å²) in [6, 6.07) is 5.71. The van der Waals surface area contributed by atoms with Gasteiger partial charge >= 0.3 is 5.97 Å². The lowest BCUT2D eigenvalue weighted by molar-refractivity contribution is -0.137. The Morgan fingerprint density at radius 2 is 2.47 bits per heavy atom. The van der Waals surface area contributed by atoms with E-state index >= 15 is 0 Å². The van der Waals surface area contributed by atoms with Crippen LogP contribution in [-0.2, 0) is 4.79 Å². The summed E-state index contributed by atoms with van der Waals surface area (Å²) in [7, 11) is 1.61. The lowest BCUT2D eigenvalue weighted by Gasteiger charge is -2.08. The number of carboxylic acids is 1. The summed E-state index contributed by atoms with van der Waals surface area (Å²) < 4.78 is 5.20. The number of nitrogens with one attached hydrogen (secondary N) is 1. The molecule has 15 heavy (non-hydrogen) atoms. The van der Waals surface area contributed by atoms with Crippen LogP contribution in [0.3, 0.4) is 0 Å². The summed E-state index contributed by atoms with van der Waals surface area (Å²) in [5.74, 6) is 0.0606. The van der Waals surface area contributed by atoms with E-state index in [9.17, 15) is 4.79 Å². The molecule has 80 valence electrons. The second-order valence-corrected chi connectivity index (χ2v) is 3.60. The quantitative estimate of drug-likeness (QED) is 0.791. The highest BCUT2D eigenvalue weighted by molar-refractivity contribution is 5.73. The smallest absolute Gasteiger partial charge is 0.304 e. The molecule has 0 saturated heterocycles. The summed E-state index contributed by atoms with van der Waals surface area (Å²) in [4.78, 5) is 10.7. The third-order valence-corrected chi connectivity index (χ3v) is 2.66. The van der Waals surface area contributed by atoms with Gasteiger partial charge in [-0.2, -0.15) is 0 Å². The summed E-state index contributed by atoms with van der Waals surface area (Å²) in [6.45, 7) is 0.669. The standard InChI is InChI=1S/C11H13NO3/c1-15-9-4-2-3-8-7(5-10(13)14)6-12-11(8)9/h2-4,7,12H,5-6H2,1H3,(H,13,14). The third-order valence-electron chi connectivity index (χ3n) is 2.66. The molecule has 0 fully saturated rings. The lowest BCUT2D eigenvalue weighted by Crippen LogP contribution is -2.07. The van der Waals surface area contributed by atoms with Crippen molar-refractivity contribution in [3.05, 3.63) is 23.8 Å². The highest BCUT2D eigenvalue weighted by Gasteiger charge is 2.26. The molecule has 4 heteroatoms. The Balaban J connectivity index is 2.31. The molecule has 1 atom stereocenters. The number of rotatable bonds is 3. The zero-order valence-corrected chi connectivity index (χ0v) is 8.49. The molecule has 1 aliphatic rings. The van der Waals surface area contributed by atoms with Gasteiger partial charge in [0, 0.05) is 12.5 Å². The van der Waals surface area contributed by atoms with E-state index in [2.05, 4.69) is 5.32 Å². The summed E-state index contributed by atoms with van der Waals surface area (Å²) in [5.41, 5.74) is 1.98. The van der Waals surface area contributed by atoms with E-state index < -0.39 is 5.97 Å². The van der Waals surface area contributed by atoms with Gasteiger partial charge in [0.2, 0.25) is 0 Å². The Hall–Kier alpha value is -1.71. The van der Waals surface area contributed by atoms with Crippen LogP contribution in [-0.4, -0.2) is 24.7 Å². The molecule has 0 aromatic heterocycles. The molecule has 0 saturated carbocycles. The van der Waals surface area contributed by atoms with Gasteiger partial charge in [0.25, 0.3) is 0 Å². The van der Waals surface area contributed by atoms with Crippen LogP contribution in [0, 0.1) is 0 Å². The van der Waals surface area contributed by atoms with Gasteiger partial charge in [-0.05, 0) is 11.6 Å². The van der Waals surface area contributed by atoms with Crippen molar-refractivity contribution >= 4 is 11.7 Å². The SMILES string of the molecule is COc1cccc2c1NCC2CC(=O)O. The van der Waals surface area contributed by atoms with Gasteiger partial charge in [0.15, 0.2) is 0 Å². The van der Waals surface area contributed by atoms with Crippen molar-refractivity contribution < 1.29 is 14.6 Å². The first-order valence-corrected chi connectivity index (χ1v) is 4.85. The number of hydrogen-bond acceptors (Lipinski definition) is 3. The van der Waals surface area contributed by atoms with E-state index in [1.165, 1.54) is 0 Å². The lowest BCUT2D eigenvalue weighted by atomic mass is 9.98. The van der Waals surface area contributed by atoms with Crippen LogP contribution in [0.1, 0.15) is 17.9 Å². The van der Waals surface area contributed by atoms with Crippen LogP contribution in [0.15, 0.2) is 18.2 Å². The van der Waals surface area contributed by atoms with Crippen molar-refractivity contribution in [2.45, 2.75) is 12.3 Å². The Morgan fingerprint density at radius 3 is 3.13 bits per heavy atom. The summed E-state index contributed by atoms with van der Waals surface area (Å²) >= 11 is 0. The van der Waals surface area contributed by atoms with Crippen LogP contribution in [0.4, 0.5) is 5.69 Å². The van der Waals surface area contributed by atoms with E-state index in [4.69, 9.17) is 9.84 Å². The third kappa shape index (κ3) is 1.75. The van der Waals surface area contributed by atoms with Crippen molar-refractivity contribution in [2.75, 3.05) is 19.0 Å². The average molecular weight is 207 g/mol. The molecule has 1 aromatic carbocycles. The predicted molar refractivity (Wildman–Crippen MR) is 56.5 cm³/mol. The topological polar surface area (TPSA) is 58.6 Å². The van der Waals surface area contributed by atoms with Gasteiger partial charge in [0.05, 0.1) is 19.2 Å². The monoisotopic (exact) mass is 207 g/mol. The number of aliphatic carboxylic acids is 1. The Morgan fingerprint density at radius 1 is 1.67 bits per heavy atom. The molecule has 1 aromatic rings. The fourth-order valence-corrected chi connectivity index (χ4v) is 1.98. The number of ether oxygens (including phenoxy) is 1. The van der Waals surface area contributed by atoms with Crippen LogP contribution >= 0.6 is 0 Å². The maximum Gasteiger partial charge on any atom is 0.304 e. The second-order valence-electron chi connectivity index (χ2n) is 3.60. The summed E-state index contributed by atoms with van der Waals surface area (Å²) in [6.07, 6.45) is 0.160. The van der Waals surface area contributed by atoms with Gasteiger partial charge < -0.3 is 15.2 Å². The molecular formula is C11H13NO3. The van der Waals surface area contributed by atoms with Crippen molar-refractivity contribution in [1.29, 1.82) is 0 Å². The molecule has 1 aliphatic heterocycles. The first kappa shape index (κ1) is 9.83. The Bertz CT molecular complexity index is 389. The van der Waals surface area contributed by atoms with Crippen molar-refractivity contribution in [3.63, 3.8) is 0 Å². The van der Waals surface area contributed by atoms with Gasteiger partial charge in [-0.15, -0.1) is 0 Å². The predicted octanol–water partition coefficient (Wildman–Crippen LogP) is 1.68. The van der Waals surface area contributed by atoms with Gasteiger partial charge in [0.1, 0.15) is 5.75 Å². The molecule has 1 unspecified atom stereocenters. The zero-order valence-electron chi connectivity index (χ0n) is 8.49. The molecule has 2 N–H and O–H groups in total. The van der Waals surface area contributed by atoms with E-state index in [0.29, 0.717) is 6.54 Å². The molecule has 0 amide bonds. The molecule has 2 rings (SSSR count). The highest BCUT2D eigenvalue weighted by atomic mass is 16.5. The number of carbonyl (C=O) groups is 1. The fraction of sp³-hybridized carbons (Fsp3) is 0.364. The number of benzene rings is 1. The van der Waals surface area contributed by atoms with Crippen molar-refractivity contribution in [3.8, 4) is 5.75 Å².